The highest BCUT2D eigenvalue weighted by atomic mass is 16.2. The first-order valence-electron chi connectivity index (χ1n) is 8.81. The number of amides is 1. The molecule has 2 fully saturated rings. The predicted octanol–water partition coefficient (Wildman–Crippen LogP) is 1.17. The first-order valence-corrected chi connectivity index (χ1v) is 8.81. The van der Waals surface area contributed by atoms with Gasteiger partial charge in [0.1, 0.15) is 0 Å². The van der Waals surface area contributed by atoms with Gasteiger partial charge in [0, 0.05) is 50.0 Å². The molecule has 0 aliphatic carbocycles. The molecule has 3 rings (SSSR count). The van der Waals surface area contributed by atoms with Crippen LogP contribution in [-0.4, -0.2) is 64.3 Å². The van der Waals surface area contributed by atoms with E-state index in [2.05, 4.69) is 47.2 Å². The molecule has 2 aliphatic heterocycles. The average molecular weight is 319 g/mol. The zero-order chi connectivity index (χ0) is 16.4. The van der Waals surface area contributed by atoms with E-state index < -0.39 is 0 Å². The molecule has 1 aromatic rings. The van der Waals surface area contributed by atoms with Crippen LogP contribution >= 0.6 is 0 Å². The highest BCUT2D eigenvalue weighted by molar-refractivity contribution is 5.79. The third kappa shape index (κ3) is 3.75. The number of rotatable bonds is 4. The van der Waals surface area contributed by atoms with Crippen molar-refractivity contribution in [2.75, 3.05) is 32.7 Å². The van der Waals surface area contributed by atoms with Gasteiger partial charge in [-0.2, -0.15) is 5.10 Å². The second kappa shape index (κ2) is 7.01. The number of aromatic nitrogens is 2. The lowest BCUT2D eigenvalue weighted by molar-refractivity contribution is -0.135. The normalized spacial score (nSPS) is 23.7. The van der Waals surface area contributed by atoms with E-state index in [-0.39, 0.29) is 5.91 Å². The first kappa shape index (κ1) is 16.5. The summed E-state index contributed by atoms with van der Waals surface area (Å²) in [5.41, 5.74) is 2.44. The molecule has 0 saturated carbocycles. The number of nitrogens with one attached hydrogen (secondary N) is 1. The van der Waals surface area contributed by atoms with Crippen LogP contribution in [0.3, 0.4) is 0 Å². The summed E-state index contributed by atoms with van der Waals surface area (Å²) < 4.78 is 2.05. The van der Waals surface area contributed by atoms with Crippen LogP contribution in [0.25, 0.3) is 0 Å². The Kier molecular flexibility index (Phi) is 5.02. The van der Waals surface area contributed by atoms with Crippen molar-refractivity contribution in [2.24, 2.45) is 0 Å². The molecule has 0 aromatic carbocycles. The summed E-state index contributed by atoms with van der Waals surface area (Å²) in [7, 11) is 0. The number of carbonyl (C=O) groups is 1. The van der Waals surface area contributed by atoms with Gasteiger partial charge in [0.2, 0.25) is 5.91 Å². The average Bonchev–Trinajstić information content (AvgIpc) is 2.89. The number of hydrogen-bond donors (Lipinski definition) is 1. The van der Waals surface area contributed by atoms with E-state index in [1.165, 1.54) is 12.0 Å². The molecular weight excluding hydrogens is 290 g/mol. The summed E-state index contributed by atoms with van der Waals surface area (Å²) in [6, 6.07) is 0.772. The molecule has 6 nitrogen and oxygen atoms in total. The molecule has 0 radical (unpaired) electrons. The third-order valence-corrected chi connectivity index (χ3v) is 4.99. The van der Waals surface area contributed by atoms with Crippen molar-refractivity contribution in [2.45, 2.75) is 52.2 Å². The Morgan fingerprint density at radius 2 is 2.22 bits per heavy atom. The van der Waals surface area contributed by atoms with E-state index in [1.807, 2.05) is 4.68 Å². The van der Waals surface area contributed by atoms with Crippen molar-refractivity contribution in [1.29, 1.82) is 0 Å². The topological polar surface area (TPSA) is 53.4 Å². The second-order valence-corrected chi connectivity index (χ2v) is 7.11. The van der Waals surface area contributed by atoms with Gasteiger partial charge < -0.3 is 10.2 Å². The fraction of sp³-hybridized carbons (Fsp3) is 0.765. The molecule has 1 aromatic heterocycles. The minimum Gasteiger partial charge on any atom is -0.336 e. The lowest BCUT2D eigenvalue weighted by atomic mass is 10.0. The smallest absolute Gasteiger partial charge is 0.236 e. The van der Waals surface area contributed by atoms with Crippen LogP contribution in [0.4, 0.5) is 0 Å². The van der Waals surface area contributed by atoms with Crippen LogP contribution in [-0.2, 0) is 11.3 Å². The van der Waals surface area contributed by atoms with Gasteiger partial charge in [-0.3, -0.25) is 14.4 Å². The SMILES string of the molecule is Cc1nn(C(C)C)cc1CN1CCCC(N2CCNCC2=O)C1. The fourth-order valence-corrected chi connectivity index (χ4v) is 3.62. The quantitative estimate of drug-likeness (QED) is 0.905. The summed E-state index contributed by atoms with van der Waals surface area (Å²) >= 11 is 0. The number of piperidine rings is 1. The number of nitrogens with zero attached hydrogens (tertiary/aromatic N) is 4. The predicted molar refractivity (Wildman–Crippen MR) is 90.2 cm³/mol. The lowest BCUT2D eigenvalue weighted by Gasteiger charge is -2.41. The van der Waals surface area contributed by atoms with Gasteiger partial charge in [0.05, 0.1) is 12.2 Å². The summed E-state index contributed by atoms with van der Waals surface area (Å²) in [4.78, 5) is 16.7. The van der Waals surface area contributed by atoms with Crippen molar-refractivity contribution in [3.8, 4) is 0 Å². The van der Waals surface area contributed by atoms with E-state index in [4.69, 9.17) is 0 Å². The number of hydrogen-bond acceptors (Lipinski definition) is 4. The molecule has 1 unspecified atom stereocenters. The largest absolute Gasteiger partial charge is 0.336 e. The van der Waals surface area contributed by atoms with Crippen LogP contribution in [0.15, 0.2) is 6.20 Å². The number of aryl methyl sites for hydroxylation is 1. The fourth-order valence-electron chi connectivity index (χ4n) is 3.62. The van der Waals surface area contributed by atoms with E-state index in [9.17, 15) is 4.79 Å². The molecule has 0 spiro atoms. The molecular formula is C17H29N5O. The van der Waals surface area contributed by atoms with E-state index in [0.29, 0.717) is 18.6 Å². The van der Waals surface area contributed by atoms with Crippen molar-refractivity contribution in [3.05, 3.63) is 17.5 Å². The van der Waals surface area contributed by atoms with Gasteiger partial charge >= 0.3 is 0 Å². The van der Waals surface area contributed by atoms with Gasteiger partial charge in [0.25, 0.3) is 0 Å². The van der Waals surface area contributed by atoms with Gasteiger partial charge in [-0.1, -0.05) is 0 Å². The minimum atomic E-state index is 0.256. The van der Waals surface area contributed by atoms with Crippen molar-refractivity contribution >= 4 is 5.91 Å². The first-order chi connectivity index (χ1) is 11.0. The Hall–Kier alpha value is -1.40. The number of piperazine rings is 1. The zero-order valence-electron chi connectivity index (χ0n) is 14.6. The highest BCUT2D eigenvalue weighted by Crippen LogP contribution is 2.20. The monoisotopic (exact) mass is 319 g/mol. The van der Waals surface area contributed by atoms with Crippen LogP contribution in [0.1, 0.15) is 44.0 Å². The number of likely N-dealkylation sites (tertiary alicyclic amines) is 1. The third-order valence-electron chi connectivity index (χ3n) is 4.99. The molecule has 2 saturated heterocycles. The molecule has 23 heavy (non-hydrogen) atoms. The number of carbonyl (C=O) groups excluding carboxylic acids is 1. The van der Waals surface area contributed by atoms with E-state index in [1.54, 1.807) is 0 Å². The summed E-state index contributed by atoms with van der Waals surface area (Å²) in [5.74, 6) is 0.256. The maximum Gasteiger partial charge on any atom is 0.236 e. The van der Waals surface area contributed by atoms with Gasteiger partial charge in [-0.25, -0.2) is 0 Å². The van der Waals surface area contributed by atoms with Gasteiger partial charge in [0.15, 0.2) is 0 Å². The van der Waals surface area contributed by atoms with Crippen LogP contribution in [0.2, 0.25) is 0 Å². The summed E-state index contributed by atoms with van der Waals surface area (Å²) in [6.07, 6.45) is 4.48. The zero-order valence-corrected chi connectivity index (χ0v) is 14.6. The van der Waals surface area contributed by atoms with Gasteiger partial charge in [-0.05, 0) is 40.2 Å². The van der Waals surface area contributed by atoms with Crippen molar-refractivity contribution in [3.63, 3.8) is 0 Å². The lowest BCUT2D eigenvalue weighted by Crippen LogP contribution is -2.56. The van der Waals surface area contributed by atoms with Crippen LogP contribution in [0.5, 0.6) is 0 Å². The molecule has 128 valence electrons. The molecule has 0 bridgehead atoms. The summed E-state index contributed by atoms with van der Waals surface area (Å²) in [5, 5.41) is 7.77. The molecule has 6 heteroatoms. The van der Waals surface area contributed by atoms with E-state index >= 15 is 0 Å². The maximum absolute atomic E-state index is 12.1. The van der Waals surface area contributed by atoms with Crippen LogP contribution < -0.4 is 5.32 Å². The Morgan fingerprint density at radius 1 is 1.39 bits per heavy atom. The Labute approximate surface area is 138 Å². The Morgan fingerprint density at radius 3 is 2.91 bits per heavy atom. The summed E-state index contributed by atoms with van der Waals surface area (Å²) in [6.45, 7) is 11.7. The maximum atomic E-state index is 12.1. The minimum absolute atomic E-state index is 0.256. The Bertz CT molecular complexity index is 553. The molecule has 1 N–H and O–H groups in total. The van der Waals surface area contributed by atoms with Crippen LogP contribution in [0, 0.1) is 6.92 Å². The van der Waals surface area contributed by atoms with Crippen molar-refractivity contribution in [1.82, 2.24) is 24.9 Å². The van der Waals surface area contributed by atoms with Crippen molar-refractivity contribution < 1.29 is 4.79 Å². The molecule has 1 atom stereocenters. The standard InChI is InChI=1S/C17H29N5O/c1-13(2)22-11-15(14(3)19-22)10-20-7-4-5-16(12-20)21-8-6-18-9-17(21)23/h11,13,16,18H,4-10,12H2,1-3H3. The molecule has 3 heterocycles. The molecule has 1 amide bonds. The Balaban J connectivity index is 1.63. The molecule has 2 aliphatic rings. The van der Waals surface area contributed by atoms with E-state index in [0.717, 1.165) is 44.8 Å². The second-order valence-electron chi connectivity index (χ2n) is 7.11. The highest BCUT2D eigenvalue weighted by Gasteiger charge is 2.30. The van der Waals surface area contributed by atoms with Gasteiger partial charge in [-0.15, -0.1) is 0 Å².